The minimum Gasteiger partial charge on any atom is -0.327 e. The molecule has 0 radical (unpaired) electrons. The molecule has 104 valence electrons. The Morgan fingerprint density at radius 3 is 2.95 bits per heavy atom. The second-order valence-electron chi connectivity index (χ2n) is 4.40. The van der Waals surface area contributed by atoms with Crippen LogP contribution in [-0.2, 0) is 18.8 Å². The molecule has 0 atom stereocenters. The summed E-state index contributed by atoms with van der Waals surface area (Å²) in [4.78, 5) is 5.77. The van der Waals surface area contributed by atoms with Crippen LogP contribution in [0.2, 0.25) is 0 Å². The van der Waals surface area contributed by atoms with Crippen molar-refractivity contribution in [2.75, 3.05) is 0 Å². The molecule has 0 aliphatic rings. The van der Waals surface area contributed by atoms with Crippen molar-refractivity contribution < 1.29 is 4.39 Å². The van der Waals surface area contributed by atoms with E-state index in [0.29, 0.717) is 10.4 Å². The SMILES string of the molecule is Fc1cc2c(cc1Br)nc(CCl)n2CCc1cccs1. The molecule has 2 nitrogen and oxygen atoms in total. The molecule has 1 aromatic carbocycles. The zero-order valence-electron chi connectivity index (χ0n) is 10.4. The predicted octanol–water partition coefficient (Wildman–Crippen LogP) is 4.98. The Morgan fingerprint density at radius 1 is 1.40 bits per heavy atom. The first kappa shape index (κ1) is 14.0. The number of aromatic nitrogens is 2. The molecule has 6 heteroatoms. The monoisotopic (exact) mass is 372 g/mol. The van der Waals surface area contributed by atoms with Gasteiger partial charge in [-0.05, 0) is 39.9 Å². The van der Waals surface area contributed by atoms with Crippen LogP contribution in [0, 0.1) is 5.82 Å². The van der Waals surface area contributed by atoms with Gasteiger partial charge in [-0.3, -0.25) is 0 Å². The van der Waals surface area contributed by atoms with E-state index < -0.39 is 0 Å². The van der Waals surface area contributed by atoms with Crippen LogP contribution in [0.3, 0.4) is 0 Å². The van der Waals surface area contributed by atoms with Gasteiger partial charge in [-0.25, -0.2) is 9.37 Å². The summed E-state index contributed by atoms with van der Waals surface area (Å²) in [5.41, 5.74) is 1.55. The minimum atomic E-state index is -0.282. The lowest BCUT2D eigenvalue weighted by Crippen LogP contribution is -2.04. The molecule has 0 fully saturated rings. The van der Waals surface area contributed by atoms with E-state index in [0.717, 1.165) is 29.8 Å². The minimum absolute atomic E-state index is 0.282. The number of benzene rings is 1. The molecule has 0 aliphatic carbocycles. The number of aryl methyl sites for hydroxylation is 2. The Bertz CT molecular complexity index is 739. The molecule has 2 heterocycles. The van der Waals surface area contributed by atoms with Gasteiger partial charge in [-0.2, -0.15) is 0 Å². The van der Waals surface area contributed by atoms with Crippen molar-refractivity contribution in [2.45, 2.75) is 18.8 Å². The van der Waals surface area contributed by atoms with E-state index in [1.807, 2.05) is 10.6 Å². The maximum Gasteiger partial charge on any atom is 0.139 e. The summed E-state index contributed by atoms with van der Waals surface area (Å²) < 4.78 is 16.2. The Morgan fingerprint density at radius 2 is 2.25 bits per heavy atom. The van der Waals surface area contributed by atoms with E-state index in [-0.39, 0.29) is 5.82 Å². The fourth-order valence-electron chi connectivity index (χ4n) is 2.20. The first-order valence-corrected chi connectivity index (χ1v) is 8.32. The van der Waals surface area contributed by atoms with E-state index in [2.05, 4.69) is 32.4 Å². The lowest BCUT2D eigenvalue weighted by molar-refractivity contribution is 0.620. The van der Waals surface area contributed by atoms with Crippen molar-refractivity contribution in [1.29, 1.82) is 0 Å². The fraction of sp³-hybridized carbons (Fsp3) is 0.214. The molecule has 2 aromatic heterocycles. The summed E-state index contributed by atoms with van der Waals surface area (Å²) in [5.74, 6) is 0.810. The molecule has 3 rings (SSSR count). The van der Waals surface area contributed by atoms with Gasteiger partial charge >= 0.3 is 0 Å². The van der Waals surface area contributed by atoms with Crippen molar-refractivity contribution in [3.05, 3.63) is 50.6 Å². The zero-order chi connectivity index (χ0) is 14.1. The van der Waals surface area contributed by atoms with Crippen LogP contribution in [0.5, 0.6) is 0 Å². The van der Waals surface area contributed by atoms with Gasteiger partial charge in [-0.15, -0.1) is 22.9 Å². The molecule has 0 amide bonds. The van der Waals surface area contributed by atoms with Crippen LogP contribution in [0.4, 0.5) is 4.39 Å². The second-order valence-corrected chi connectivity index (χ2v) is 6.55. The van der Waals surface area contributed by atoms with E-state index in [1.165, 1.54) is 10.9 Å². The third-order valence-corrected chi connectivity index (χ3v) is 4.93. The van der Waals surface area contributed by atoms with Crippen LogP contribution >= 0.6 is 38.9 Å². The average Bonchev–Trinajstić information content (AvgIpc) is 3.05. The molecule has 0 spiro atoms. The van der Waals surface area contributed by atoms with Gasteiger partial charge in [0.1, 0.15) is 11.6 Å². The summed E-state index contributed by atoms with van der Waals surface area (Å²) in [6.45, 7) is 0.750. The molecule has 0 aliphatic heterocycles. The molecule has 0 unspecified atom stereocenters. The average molecular weight is 374 g/mol. The van der Waals surface area contributed by atoms with E-state index in [9.17, 15) is 4.39 Å². The molecule has 3 aromatic rings. The second kappa shape index (κ2) is 5.84. The van der Waals surface area contributed by atoms with Crippen LogP contribution in [0.25, 0.3) is 11.0 Å². The third-order valence-electron chi connectivity index (χ3n) is 3.15. The summed E-state index contributed by atoms with van der Waals surface area (Å²) in [6, 6.07) is 7.34. The highest BCUT2D eigenvalue weighted by atomic mass is 79.9. The smallest absolute Gasteiger partial charge is 0.139 e. The number of nitrogens with zero attached hydrogens (tertiary/aromatic N) is 2. The third kappa shape index (κ3) is 2.62. The van der Waals surface area contributed by atoms with Gasteiger partial charge in [0, 0.05) is 17.5 Å². The molecule has 0 saturated heterocycles. The van der Waals surface area contributed by atoms with Gasteiger partial charge in [0.15, 0.2) is 0 Å². The predicted molar refractivity (Wildman–Crippen MR) is 85.0 cm³/mol. The van der Waals surface area contributed by atoms with Gasteiger partial charge in [0.2, 0.25) is 0 Å². The van der Waals surface area contributed by atoms with Crippen LogP contribution in [0.1, 0.15) is 10.7 Å². The van der Waals surface area contributed by atoms with Crippen LogP contribution < -0.4 is 0 Å². The van der Waals surface area contributed by atoms with Crippen molar-refractivity contribution in [1.82, 2.24) is 9.55 Å². The van der Waals surface area contributed by atoms with Gasteiger partial charge in [0.25, 0.3) is 0 Å². The van der Waals surface area contributed by atoms with Crippen molar-refractivity contribution in [3.8, 4) is 0 Å². The number of fused-ring (bicyclic) bond motifs is 1. The Balaban J connectivity index is 2.01. The van der Waals surface area contributed by atoms with Crippen molar-refractivity contribution in [2.24, 2.45) is 0 Å². The normalized spacial score (nSPS) is 11.3. The highest BCUT2D eigenvalue weighted by Gasteiger charge is 2.13. The van der Waals surface area contributed by atoms with Crippen LogP contribution in [0.15, 0.2) is 34.1 Å². The highest BCUT2D eigenvalue weighted by molar-refractivity contribution is 9.10. The van der Waals surface area contributed by atoms with Gasteiger partial charge in [-0.1, -0.05) is 6.07 Å². The van der Waals surface area contributed by atoms with Crippen LogP contribution in [-0.4, -0.2) is 9.55 Å². The van der Waals surface area contributed by atoms with Crippen molar-refractivity contribution >= 4 is 49.9 Å². The summed E-state index contributed by atoms with van der Waals surface area (Å²) >= 11 is 10.9. The summed E-state index contributed by atoms with van der Waals surface area (Å²) in [6.07, 6.45) is 0.894. The molecule has 0 saturated carbocycles. The summed E-state index contributed by atoms with van der Waals surface area (Å²) in [7, 11) is 0. The number of thiophene rings is 1. The maximum absolute atomic E-state index is 13.7. The fourth-order valence-corrected chi connectivity index (χ4v) is 3.43. The van der Waals surface area contributed by atoms with E-state index in [4.69, 9.17) is 11.6 Å². The Hall–Kier alpha value is -0.910. The standard InChI is InChI=1S/C14H11BrClFN2S/c15-10-6-12-13(7-11(10)17)19(14(8-16)18-12)4-3-9-2-1-5-20-9/h1-2,5-7H,3-4,8H2. The topological polar surface area (TPSA) is 17.8 Å². The number of alkyl halides is 1. The van der Waals surface area contributed by atoms with Gasteiger partial charge in [0.05, 0.1) is 21.4 Å². The maximum atomic E-state index is 13.7. The van der Waals surface area contributed by atoms with E-state index in [1.54, 1.807) is 17.4 Å². The lowest BCUT2D eigenvalue weighted by Gasteiger charge is -2.07. The number of hydrogen-bond donors (Lipinski definition) is 0. The largest absolute Gasteiger partial charge is 0.327 e. The first-order chi connectivity index (χ1) is 9.69. The van der Waals surface area contributed by atoms with E-state index >= 15 is 0 Å². The Kier molecular flexibility index (Phi) is 4.10. The number of rotatable bonds is 4. The zero-order valence-corrected chi connectivity index (χ0v) is 13.6. The first-order valence-electron chi connectivity index (χ1n) is 6.11. The molecule has 0 N–H and O–H groups in total. The van der Waals surface area contributed by atoms with Gasteiger partial charge < -0.3 is 4.57 Å². The number of imidazole rings is 1. The lowest BCUT2D eigenvalue weighted by atomic mass is 10.3. The summed E-state index contributed by atoms with van der Waals surface area (Å²) in [5, 5.41) is 2.06. The van der Waals surface area contributed by atoms with Crippen molar-refractivity contribution in [3.63, 3.8) is 0 Å². The molecular formula is C14H11BrClFN2S. The molecule has 20 heavy (non-hydrogen) atoms. The quantitative estimate of drug-likeness (QED) is 0.590. The molecule has 0 bridgehead atoms. The number of halogens is 3. The number of hydrogen-bond acceptors (Lipinski definition) is 2. The Labute approximate surface area is 133 Å². The highest BCUT2D eigenvalue weighted by Crippen LogP contribution is 2.25. The molecular weight excluding hydrogens is 363 g/mol.